The maximum atomic E-state index is 13.9. The topological polar surface area (TPSA) is 91.5 Å². The molecule has 0 radical (unpaired) electrons. The van der Waals surface area contributed by atoms with Gasteiger partial charge in [0.25, 0.3) is 0 Å². The number of imidazole rings is 1. The van der Waals surface area contributed by atoms with Gasteiger partial charge in [-0.25, -0.2) is 23.9 Å². The molecule has 8 nitrogen and oxygen atoms in total. The van der Waals surface area contributed by atoms with Crippen molar-refractivity contribution in [1.82, 2.24) is 24.6 Å². The first kappa shape index (κ1) is 23.1. The number of hydrogen-bond acceptors (Lipinski definition) is 7. The second kappa shape index (κ2) is 9.94. The Bertz CT molecular complexity index is 1550. The van der Waals surface area contributed by atoms with Crippen LogP contribution < -0.4 is 10.2 Å². The smallest absolute Gasteiger partial charge is 0.154 e. The molecule has 1 fully saturated rings. The molecule has 0 bridgehead atoms. The highest BCUT2D eigenvalue weighted by atomic mass is 19.1. The molecule has 1 aliphatic rings. The van der Waals surface area contributed by atoms with Crippen molar-refractivity contribution < 1.29 is 9.50 Å². The number of halogens is 1. The molecule has 2 N–H and O–H groups in total. The Hall–Kier alpha value is -4.37. The minimum absolute atomic E-state index is 0.0311. The predicted molar refractivity (Wildman–Crippen MR) is 141 cm³/mol. The maximum Gasteiger partial charge on any atom is 0.154 e. The van der Waals surface area contributed by atoms with Gasteiger partial charge in [0.2, 0.25) is 0 Å². The summed E-state index contributed by atoms with van der Waals surface area (Å²) >= 11 is 0. The number of nitrogens with zero attached hydrogens (tertiary/aromatic N) is 6. The molecule has 0 aliphatic carbocycles. The summed E-state index contributed by atoms with van der Waals surface area (Å²) in [5.41, 5.74) is 4.64. The molecule has 0 unspecified atom stereocenters. The summed E-state index contributed by atoms with van der Waals surface area (Å²) in [6, 6.07) is 22.3. The molecule has 1 aromatic carbocycles. The van der Waals surface area contributed by atoms with E-state index in [1.54, 1.807) is 18.3 Å². The number of anilines is 2. The molecule has 5 aromatic rings. The lowest BCUT2D eigenvalue weighted by molar-refractivity contribution is 0.311. The third kappa shape index (κ3) is 4.61. The number of pyridine rings is 2. The van der Waals surface area contributed by atoms with Crippen molar-refractivity contribution in [2.24, 2.45) is 0 Å². The van der Waals surface area contributed by atoms with E-state index in [1.807, 2.05) is 59.1 Å². The Morgan fingerprint density at radius 3 is 2.62 bits per heavy atom. The second-order valence-corrected chi connectivity index (χ2v) is 8.98. The number of aliphatic hydroxyl groups is 1. The minimum atomic E-state index is -0.222. The fraction of sp³-hybridized carbons (Fsp3) is 0.214. The van der Waals surface area contributed by atoms with Gasteiger partial charge in [-0.1, -0.05) is 24.3 Å². The molecule has 4 aromatic heterocycles. The molecule has 6 rings (SSSR count). The van der Waals surface area contributed by atoms with Crippen molar-refractivity contribution in [1.29, 1.82) is 0 Å². The number of rotatable bonds is 7. The lowest BCUT2D eigenvalue weighted by Crippen LogP contribution is -2.24. The van der Waals surface area contributed by atoms with E-state index in [9.17, 15) is 4.39 Å². The fourth-order valence-corrected chi connectivity index (χ4v) is 4.87. The van der Waals surface area contributed by atoms with Gasteiger partial charge in [0.15, 0.2) is 5.65 Å². The van der Waals surface area contributed by atoms with E-state index in [2.05, 4.69) is 20.2 Å². The molecule has 37 heavy (non-hydrogen) atoms. The van der Waals surface area contributed by atoms with Crippen molar-refractivity contribution in [3.05, 3.63) is 90.4 Å². The molecule has 186 valence electrons. The zero-order chi connectivity index (χ0) is 25.2. The van der Waals surface area contributed by atoms with Gasteiger partial charge < -0.3 is 15.3 Å². The summed E-state index contributed by atoms with van der Waals surface area (Å²) in [5.74, 6) is 1.28. The van der Waals surface area contributed by atoms with Gasteiger partial charge in [-0.2, -0.15) is 0 Å². The summed E-state index contributed by atoms with van der Waals surface area (Å²) in [4.78, 5) is 16.3. The Morgan fingerprint density at radius 1 is 0.946 bits per heavy atom. The first-order valence-corrected chi connectivity index (χ1v) is 12.4. The molecular formula is C28H26FN7O. The van der Waals surface area contributed by atoms with Crippen molar-refractivity contribution in [2.75, 3.05) is 29.9 Å². The van der Waals surface area contributed by atoms with Gasteiger partial charge in [0.05, 0.1) is 35.9 Å². The Balaban J connectivity index is 1.34. The first-order chi connectivity index (χ1) is 18.2. The summed E-state index contributed by atoms with van der Waals surface area (Å²) in [5, 5.41) is 17.1. The molecule has 1 atom stereocenters. The van der Waals surface area contributed by atoms with E-state index < -0.39 is 0 Å². The van der Waals surface area contributed by atoms with Crippen LogP contribution in [0.2, 0.25) is 0 Å². The van der Waals surface area contributed by atoms with Crippen LogP contribution in [0, 0.1) is 5.82 Å². The van der Waals surface area contributed by atoms with Gasteiger partial charge in [0, 0.05) is 13.1 Å². The molecular weight excluding hydrogens is 469 g/mol. The van der Waals surface area contributed by atoms with E-state index in [0.29, 0.717) is 12.4 Å². The van der Waals surface area contributed by atoms with Crippen LogP contribution >= 0.6 is 0 Å². The average Bonchev–Trinajstić information content (AvgIpc) is 3.59. The minimum Gasteiger partial charge on any atom is -0.395 e. The fourth-order valence-electron chi connectivity index (χ4n) is 4.87. The molecule has 1 aliphatic heterocycles. The molecule has 0 amide bonds. The third-order valence-electron chi connectivity index (χ3n) is 6.57. The lowest BCUT2D eigenvalue weighted by atomic mass is 10.0. The van der Waals surface area contributed by atoms with Gasteiger partial charge in [-0.3, -0.25) is 0 Å². The van der Waals surface area contributed by atoms with E-state index in [4.69, 9.17) is 15.2 Å². The predicted octanol–water partition coefficient (Wildman–Crippen LogP) is 4.74. The van der Waals surface area contributed by atoms with E-state index in [-0.39, 0.29) is 18.5 Å². The van der Waals surface area contributed by atoms with Gasteiger partial charge in [-0.15, -0.1) is 5.10 Å². The largest absolute Gasteiger partial charge is 0.395 e. The van der Waals surface area contributed by atoms with Crippen molar-refractivity contribution in [3.63, 3.8) is 0 Å². The summed E-state index contributed by atoms with van der Waals surface area (Å²) in [7, 11) is 0. The van der Waals surface area contributed by atoms with Crippen LogP contribution in [-0.4, -0.2) is 49.4 Å². The average molecular weight is 496 g/mol. The highest BCUT2D eigenvalue weighted by Gasteiger charge is 2.28. The number of fused-ring (bicyclic) bond motifs is 1. The number of aliphatic hydroxyl groups excluding tert-OH is 1. The molecule has 1 saturated heterocycles. The van der Waals surface area contributed by atoms with E-state index in [0.717, 1.165) is 59.2 Å². The quantitative estimate of drug-likeness (QED) is 0.337. The summed E-state index contributed by atoms with van der Waals surface area (Å²) < 4.78 is 15.7. The van der Waals surface area contributed by atoms with Gasteiger partial charge >= 0.3 is 0 Å². The van der Waals surface area contributed by atoms with Crippen LogP contribution in [0.25, 0.3) is 28.4 Å². The third-order valence-corrected chi connectivity index (χ3v) is 6.57. The summed E-state index contributed by atoms with van der Waals surface area (Å²) in [6.45, 7) is 1.31. The van der Waals surface area contributed by atoms with Crippen molar-refractivity contribution >= 4 is 17.3 Å². The molecule has 9 heteroatoms. The van der Waals surface area contributed by atoms with Crippen LogP contribution in [0.3, 0.4) is 0 Å². The van der Waals surface area contributed by atoms with Crippen LogP contribution in [0.1, 0.15) is 24.4 Å². The number of aromatic nitrogens is 5. The van der Waals surface area contributed by atoms with Crippen LogP contribution in [0.15, 0.2) is 79.0 Å². The second-order valence-electron chi connectivity index (χ2n) is 8.98. The number of hydrogen-bond donors (Lipinski definition) is 2. The summed E-state index contributed by atoms with van der Waals surface area (Å²) in [6.07, 6.45) is 3.74. The number of nitrogens with one attached hydrogen (secondary N) is 1. The standard InChI is InChI=1S/C28H26FN7O/c29-20-6-1-5-19(17-20)24-10-4-15-35(24)28-13-12-27-31-18-25(36(27)34-28)23-9-2-7-21(32-23)22-8-3-11-26(33-22)30-14-16-37/h1-3,5-9,11-13,17-18,24,37H,4,10,14-16H2,(H,30,33)/t24-/m1/s1. The van der Waals surface area contributed by atoms with E-state index >= 15 is 0 Å². The van der Waals surface area contributed by atoms with Gasteiger partial charge in [-0.05, 0) is 66.9 Å². The lowest BCUT2D eigenvalue weighted by Gasteiger charge is -2.26. The normalized spacial score (nSPS) is 15.4. The SMILES string of the molecule is OCCNc1cccc(-c2cccc(-c3cnc4ccc(N5CCC[C@@H]5c5cccc(F)c5)nn34)n2)n1. The van der Waals surface area contributed by atoms with Crippen LogP contribution in [0.5, 0.6) is 0 Å². The monoisotopic (exact) mass is 495 g/mol. The maximum absolute atomic E-state index is 13.9. The highest BCUT2D eigenvalue weighted by molar-refractivity contribution is 5.65. The molecule has 0 spiro atoms. The first-order valence-electron chi connectivity index (χ1n) is 12.4. The zero-order valence-corrected chi connectivity index (χ0v) is 20.1. The highest BCUT2D eigenvalue weighted by Crippen LogP contribution is 2.35. The van der Waals surface area contributed by atoms with E-state index in [1.165, 1.54) is 6.07 Å². The Labute approximate surface area is 213 Å². The number of benzene rings is 1. The molecule has 5 heterocycles. The van der Waals surface area contributed by atoms with Crippen molar-refractivity contribution in [2.45, 2.75) is 18.9 Å². The van der Waals surface area contributed by atoms with Crippen LogP contribution in [0.4, 0.5) is 16.0 Å². The zero-order valence-electron chi connectivity index (χ0n) is 20.1. The van der Waals surface area contributed by atoms with Crippen LogP contribution in [-0.2, 0) is 0 Å². The van der Waals surface area contributed by atoms with Crippen molar-refractivity contribution in [3.8, 4) is 22.8 Å². The van der Waals surface area contributed by atoms with Gasteiger partial charge in [0.1, 0.15) is 23.1 Å². The Kier molecular flexibility index (Phi) is 6.20. The Morgan fingerprint density at radius 2 is 1.76 bits per heavy atom. The molecule has 0 saturated carbocycles.